The molecule has 1 heterocycles. The number of hydrogen-bond donors (Lipinski definition) is 0. The molecule has 0 fully saturated rings. The fourth-order valence-corrected chi connectivity index (χ4v) is 4.40. The maximum absolute atomic E-state index is 11.7. The topological polar surface area (TPSA) is 65.3 Å². The lowest BCUT2D eigenvalue weighted by Gasteiger charge is -2.19. The van der Waals surface area contributed by atoms with Crippen LogP contribution in [-0.4, -0.2) is 9.91 Å². The van der Waals surface area contributed by atoms with Gasteiger partial charge < -0.3 is 4.74 Å². The van der Waals surface area contributed by atoms with Crippen molar-refractivity contribution in [1.82, 2.24) is 4.98 Å². The Bertz CT molecular complexity index is 1320. The Morgan fingerprint density at radius 1 is 0.970 bits per heavy atom. The highest BCUT2D eigenvalue weighted by molar-refractivity contribution is 7.19. The number of nitro benzene ring substituents is 1. The molecule has 168 valence electrons. The van der Waals surface area contributed by atoms with Gasteiger partial charge in [-0.2, -0.15) is 0 Å². The van der Waals surface area contributed by atoms with Gasteiger partial charge in [-0.15, -0.1) is 11.3 Å². The molecule has 0 saturated carbocycles. The molecule has 0 aliphatic carbocycles. The molecule has 0 aliphatic heterocycles. The summed E-state index contributed by atoms with van der Waals surface area (Å²) in [5.74, 6) is 0.779. The largest absolute Gasteiger partial charge is 0.450 e. The number of nitrogens with zero attached hydrogens (tertiary/aromatic N) is 2. The summed E-state index contributed by atoms with van der Waals surface area (Å²) in [4.78, 5) is 15.9. The molecular formula is C27H26N2O3S. The first-order valence-corrected chi connectivity index (χ1v) is 11.5. The van der Waals surface area contributed by atoms with Crippen LogP contribution >= 0.6 is 11.3 Å². The molecule has 3 aromatic carbocycles. The first-order chi connectivity index (χ1) is 15.6. The van der Waals surface area contributed by atoms with Crippen LogP contribution in [0, 0.1) is 24.0 Å². The Morgan fingerprint density at radius 3 is 2.33 bits per heavy atom. The number of aryl methyl sites for hydroxylation is 2. The van der Waals surface area contributed by atoms with Gasteiger partial charge in [0.1, 0.15) is 10.8 Å². The third-order valence-corrected chi connectivity index (χ3v) is 6.55. The second-order valence-corrected chi connectivity index (χ2v) is 10.2. The molecule has 0 atom stereocenters. The van der Waals surface area contributed by atoms with Crippen molar-refractivity contribution < 1.29 is 9.66 Å². The van der Waals surface area contributed by atoms with Crippen molar-refractivity contribution in [3.8, 4) is 11.5 Å². The van der Waals surface area contributed by atoms with E-state index in [1.807, 2.05) is 42.5 Å². The van der Waals surface area contributed by atoms with Crippen molar-refractivity contribution >= 4 is 39.4 Å². The highest BCUT2D eigenvalue weighted by Gasteiger charge is 2.18. The van der Waals surface area contributed by atoms with Crippen LogP contribution in [0.2, 0.25) is 0 Å². The van der Waals surface area contributed by atoms with Gasteiger partial charge in [-0.3, -0.25) is 10.1 Å². The number of fused-ring (bicyclic) bond motifs is 1. The van der Waals surface area contributed by atoms with Gasteiger partial charge in [0, 0.05) is 6.07 Å². The van der Waals surface area contributed by atoms with Crippen LogP contribution in [0.3, 0.4) is 0 Å². The SMILES string of the molecule is Cc1cc2nc(C=Cc3ccc(Oc4ccc(C(C)(C)C)cc4)c([N+](=O)[O-])c3)sc2cc1C. The molecule has 0 unspecified atom stereocenters. The Labute approximate surface area is 197 Å². The van der Waals surface area contributed by atoms with Crippen molar-refractivity contribution in [2.24, 2.45) is 0 Å². The summed E-state index contributed by atoms with van der Waals surface area (Å²) in [6.07, 6.45) is 3.73. The van der Waals surface area contributed by atoms with Crippen LogP contribution in [0.15, 0.2) is 54.6 Å². The highest BCUT2D eigenvalue weighted by Crippen LogP contribution is 2.34. The van der Waals surface area contributed by atoms with E-state index in [4.69, 9.17) is 4.74 Å². The zero-order chi connectivity index (χ0) is 23.8. The van der Waals surface area contributed by atoms with Crippen LogP contribution in [0.5, 0.6) is 11.5 Å². The normalized spacial score (nSPS) is 11.9. The van der Waals surface area contributed by atoms with Crippen LogP contribution < -0.4 is 4.74 Å². The summed E-state index contributed by atoms with van der Waals surface area (Å²) in [5, 5.41) is 12.6. The van der Waals surface area contributed by atoms with Gasteiger partial charge in [0.15, 0.2) is 0 Å². The zero-order valence-corrected chi connectivity index (χ0v) is 20.2. The van der Waals surface area contributed by atoms with Gasteiger partial charge in [0.25, 0.3) is 0 Å². The first-order valence-electron chi connectivity index (χ1n) is 10.7. The van der Waals surface area contributed by atoms with Crippen LogP contribution in [0.4, 0.5) is 5.69 Å². The zero-order valence-electron chi connectivity index (χ0n) is 19.4. The highest BCUT2D eigenvalue weighted by atomic mass is 32.1. The molecule has 0 spiro atoms. The molecule has 4 aromatic rings. The van der Waals surface area contributed by atoms with E-state index in [1.54, 1.807) is 17.4 Å². The van der Waals surface area contributed by atoms with Gasteiger partial charge in [0.05, 0.1) is 15.1 Å². The maximum atomic E-state index is 11.7. The van der Waals surface area contributed by atoms with E-state index in [0.29, 0.717) is 11.3 Å². The van der Waals surface area contributed by atoms with Gasteiger partial charge in [0.2, 0.25) is 5.75 Å². The quantitative estimate of drug-likeness (QED) is 0.224. The molecule has 0 N–H and O–H groups in total. The summed E-state index contributed by atoms with van der Waals surface area (Å²) in [6, 6.07) is 16.9. The summed E-state index contributed by atoms with van der Waals surface area (Å²) in [7, 11) is 0. The minimum atomic E-state index is -0.417. The molecular weight excluding hydrogens is 432 g/mol. The summed E-state index contributed by atoms with van der Waals surface area (Å²) >= 11 is 1.60. The minimum absolute atomic E-state index is 0.0272. The van der Waals surface area contributed by atoms with Crippen molar-refractivity contribution in [2.75, 3.05) is 0 Å². The number of thiazole rings is 1. The number of ether oxygens (including phenoxy) is 1. The molecule has 0 bridgehead atoms. The van der Waals surface area contributed by atoms with E-state index in [-0.39, 0.29) is 16.9 Å². The van der Waals surface area contributed by atoms with Crippen LogP contribution in [0.25, 0.3) is 22.4 Å². The second kappa shape index (κ2) is 8.79. The lowest BCUT2D eigenvalue weighted by Crippen LogP contribution is -2.10. The lowest BCUT2D eigenvalue weighted by atomic mass is 9.87. The van der Waals surface area contributed by atoms with Gasteiger partial charge in [-0.25, -0.2) is 4.98 Å². The third kappa shape index (κ3) is 5.12. The van der Waals surface area contributed by atoms with Crippen molar-refractivity contribution in [3.63, 3.8) is 0 Å². The third-order valence-electron chi connectivity index (χ3n) is 5.57. The lowest BCUT2D eigenvalue weighted by molar-refractivity contribution is -0.385. The molecule has 4 rings (SSSR count). The molecule has 33 heavy (non-hydrogen) atoms. The van der Waals surface area contributed by atoms with E-state index in [9.17, 15) is 10.1 Å². The molecule has 5 nitrogen and oxygen atoms in total. The van der Waals surface area contributed by atoms with Crippen molar-refractivity contribution in [1.29, 1.82) is 0 Å². The number of benzene rings is 3. The average molecular weight is 459 g/mol. The summed E-state index contributed by atoms with van der Waals surface area (Å²) in [6.45, 7) is 10.6. The molecule has 0 radical (unpaired) electrons. The number of hydrogen-bond acceptors (Lipinski definition) is 5. The van der Waals surface area contributed by atoms with Gasteiger partial charge >= 0.3 is 5.69 Å². The number of rotatable bonds is 5. The van der Waals surface area contributed by atoms with Crippen LogP contribution in [-0.2, 0) is 5.41 Å². The van der Waals surface area contributed by atoms with E-state index in [0.717, 1.165) is 15.2 Å². The number of nitro groups is 1. The smallest absolute Gasteiger partial charge is 0.312 e. The summed E-state index contributed by atoms with van der Waals surface area (Å²) < 4.78 is 6.97. The molecule has 0 amide bonds. The Balaban J connectivity index is 1.57. The molecule has 1 aromatic heterocycles. The second-order valence-electron chi connectivity index (χ2n) is 9.15. The van der Waals surface area contributed by atoms with E-state index in [2.05, 4.69) is 51.7 Å². The monoisotopic (exact) mass is 458 g/mol. The summed E-state index contributed by atoms with van der Waals surface area (Å²) in [5.41, 5.74) is 5.25. The van der Waals surface area contributed by atoms with E-state index in [1.165, 1.54) is 22.8 Å². The standard InChI is InChI=1S/C27H26N2O3S/c1-17-14-22-25(15-18(17)2)33-26(28-22)13-7-19-6-12-24(23(16-19)29(30)31)32-21-10-8-20(9-11-21)27(3,4)5/h6-16H,1-5H3. The van der Waals surface area contributed by atoms with Crippen molar-refractivity contribution in [3.05, 3.63) is 92.0 Å². The minimum Gasteiger partial charge on any atom is -0.450 e. The Kier molecular flexibility index (Phi) is 6.04. The predicted molar refractivity (Wildman–Crippen MR) is 136 cm³/mol. The fraction of sp³-hybridized carbons (Fsp3) is 0.222. The molecule has 0 aliphatic rings. The fourth-order valence-electron chi connectivity index (χ4n) is 3.45. The molecule has 6 heteroatoms. The van der Waals surface area contributed by atoms with Gasteiger partial charge in [-0.05, 0) is 77.9 Å². The Morgan fingerprint density at radius 2 is 1.67 bits per heavy atom. The first kappa shape index (κ1) is 22.7. The molecule has 0 saturated heterocycles. The van der Waals surface area contributed by atoms with Crippen LogP contribution in [0.1, 0.15) is 48.0 Å². The predicted octanol–water partition coefficient (Wildman–Crippen LogP) is 8.08. The maximum Gasteiger partial charge on any atom is 0.312 e. The van der Waals surface area contributed by atoms with E-state index < -0.39 is 4.92 Å². The average Bonchev–Trinajstić information content (AvgIpc) is 3.14. The van der Waals surface area contributed by atoms with Crippen molar-refractivity contribution in [2.45, 2.75) is 40.0 Å². The van der Waals surface area contributed by atoms with E-state index >= 15 is 0 Å². The number of aromatic nitrogens is 1. The van der Waals surface area contributed by atoms with Gasteiger partial charge in [-0.1, -0.05) is 45.0 Å². The Hall–Kier alpha value is -3.51.